The Hall–Kier alpha value is -3.96. The standard InChI is InChI=1S/C28H22N2O2S/c1-17-8-10-20(11-9-17)27-25(29)26(31)24-22(18-12-14-21(32-2)15-13-18)16-23(30-28(24)33-27)19-6-4-3-5-7-19/h3-16H,29H2,1-2H3. The molecule has 5 aromatic rings. The zero-order chi connectivity index (χ0) is 22.9. The van der Waals surface area contributed by atoms with Crippen molar-refractivity contribution in [2.75, 3.05) is 12.8 Å². The molecule has 2 N–H and O–H groups in total. The summed E-state index contributed by atoms with van der Waals surface area (Å²) in [6, 6.07) is 27.7. The fraction of sp³-hybridized carbons (Fsp3) is 0.0714. The summed E-state index contributed by atoms with van der Waals surface area (Å²) in [4.78, 5) is 19.9. The van der Waals surface area contributed by atoms with E-state index in [9.17, 15) is 4.79 Å². The van der Waals surface area contributed by atoms with E-state index in [1.54, 1.807) is 7.11 Å². The Labute approximate surface area is 195 Å². The quantitative estimate of drug-likeness (QED) is 0.337. The monoisotopic (exact) mass is 450 g/mol. The number of hydrogen-bond acceptors (Lipinski definition) is 5. The summed E-state index contributed by atoms with van der Waals surface area (Å²) in [5.41, 5.74) is 12.0. The van der Waals surface area contributed by atoms with E-state index in [1.165, 1.54) is 11.3 Å². The van der Waals surface area contributed by atoms with Crippen LogP contribution in [-0.4, -0.2) is 12.1 Å². The number of nitrogens with zero attached hydrogens (tertiary/aromatic N) is 1. The number of ether oxygens (including phenoxy) is 1. The first-order valence-electron chi connectivity index (χ1n) is 10.6. The average Bonchev–Trinajstić information content (AvgIpc) is 2.86. The minimum atomic E-state index is -0.197. The first kappa shape index (κ1) is 20.9. The summed E-state index contributed by atoms with van der Waals surface area (Å²) < 4.78 is 5.31. The highest BCUT2D eigenvalue weighted by Crippen LogP contribution is 2.38. The van der Waals surface area contributed by atoms with Gasteiger partial charge in [0, 0.05) is 5.56 Å². The lowest BCUT2D eigenvalue weighted by Gasteiger charge is -2.13. The van der Waals surface area contributed by atoms with E-state index in [0.717, 1.165) is 44.1 Å². The van der Waals surface area contributed by atoms with Crippen LogP contribution in [0.3, 0.4) is 0 Å². The van der Waals surface area contributed by atoms with E-state index < -0.39 is 0 Å². The fourth-order valence-electron chi connectivity index (χ4n) is 3.88. The molecule has 0 aliphatic carbocycles. The van der Waals surface area contributed by atoms with Gasteiger partial charge in [0.25, 0.3) is 0 Å². The molecule has 162 valence electrons. The topological polar surface area (TPSA) is 65.2 Å². The molecule has 0 unspecified atom stereocenters. The second kappa shape index (κ2) is 8.52. The zero-order valence-electron chi connectivity index (χ0n) is 18.3. The van der Waals surface area contributed by atoms with Crippen LogP contribution in [0, 0.1) is 6.92 Å². The Bertz CT molecular complexity index is 1510. The number of nitrogens with two attached hydrogens (primary N) is 1. The molecule has 3 aromatic carbocycles. The summed E-state index contributed by atoms with van der Waals surface area (Å²) in [5, 5.41) is 0.540. The smallest absolute Gasteiger partial charge is 0.213 e. The van der Waals surface area contributed by atoms with Gasteiger partial charge in [-0.1, -0.05) is 72.3 Å². The van der Waals surface area contributed by atoms with Gasteiger partial charge >= 0.3 is 0 Å². The van der Waals surface area contributed by atoms with E-state index in [1.807, 2.05) is 91.9 Å². The lowest BCUT2D eigenvalue weighted by atomic mass is 9.99. The summed E-state index contributed by atoms with van der Waals surface area (Å²) >= 11 is 1.45. The number of benzene rings is 3. The van der Waals surface area contributed by atoms with Crippen LogP contribution in [0.5, 0.6) is 5.75 Å². The van der Waals surface area contributed by atoms with E-state index >= 15 is 0 Å². The van der Waals surface area contributed by atoms with Crippen molar-refractivity contribution in [1.82, 2.24) is 4.98 Å². The molecule has 33 heavy (non-hydrogen) atoms. The van der Waals surface area contributed by atoms with Crippen LogP contribution in [0.25, 0.3) is 43.0 Å². The lowest BCUT2D eigenvalue weighted by molar-refractivity contribution is 0.415. The second-order valence-corrected chi connectivity index (χ2v) is 8.87. The molecule has 5 rings (SSSR count). The maximum absolute atomic E-state index is 13.6. The molecule has 0 radical (unpaired) electrons. The van der Waals surface area contributed by atoms with Crippen molar-refractivity contribution in [3.63, 3.8) is 0 Å². The van der Waals surface area contributed by atoms with Gasteiger partial charge < -0.3 is 10.5 Å². The van der Waals surface area contributed by atoms with Crippen LogP contribution in [0.4, 0.5) is 5.69 Å². The molecule has 2 aromatic heterocycles. The molecule has 0 amide bonds. The third kappa shape index (κ3) is 3.88. The minimum absolute atomic E-state index is 0.197. The predicted octanol–water partition coefficient (Wildman–Crippen LogP) is 6.56. The van der Waals surface area contributed by atoms with E-state index in [4.69, 9.17) is 15.5 Å². The first-order valence-corrected chi connectivity index (χ1v) is 11.4. The first-order chi connectivity index (χ1) is 16.0. The van der Waals surface area contributed by atoms with Crippen molar-refractivity contribution >= 4 is 27.2 Å². The van der Waals surface area contributed by atoms with Crippen LogP contribution < -0.4 is 15.9 Å². The number of fused-ring (bicyclic) bond motifs is 1. The van der Waals surface area contributed by atoms with Crippen LogP contribution >= 0.6 is 11.3 Å². The number of hydrogen-bond donors (Lipinski definition) is 1. The molecule has 0 saturated heterocycles. The molecule has 2 heterocycles. The Kier molecular flexibility index (Phi) is 5.40. The van der Waals surface area contributed by atoms with Crippen molar-refractivity contribution in [3.8, 4) is 38.6 Å². The number of rotatable bonds is 4. The van der Waals surface area contributed by atoms with Crippen molar-refractivity contribution in [1.29, 1.82) is 0 Å². The molecule has 0 aliphatic rings. The van der Waals surface area contributed by atoms with Gasteiger partial charge in [0.2, 0.25) is 5.43 Å². The van der Waals surface area contributed by atoms with Crippen LogP contribution in [0.2, 0.25) is 0 Å². The van der Waals surface area contributed by atoms with Gasteiger partial charge in [0.1, 0.15) is 10.6 Å². The highest BCUT2D eigenvalue weighted by molar-refractivity contribution is 7.21. The molecular formula is C28H22N2O2S. The van der Waals surface area contributed by atoms with Gasteiger partial charge in [-0.25, -0.2) is 4.98 Å². The normalized spacial score (nSPS) is 11.0. The average molecular weight is 451 g/mol. The predicted molar refractivity (Wildman–Crippen MR) is 138 cm³/mol. The molecular weight excluding hydrogens is 428 g/mol. The Morgan fingerprint density at radius 2 is 1.52 bits per heavy atom. The lowest BCUT2D eigenvalue weighted by Crippen LogP contribution is -2.11. The summed E-state index contributed by atoms with van der Waals surface area (Å²) in [5.74, 6) is 0.756. The molecule has 4 nitrogen and oxygen atoms in total. The molecule has 0 aliphatic heterocycles. The highest BCUT2D eigenvalue weighted by atomic mass is 32.1. The number of nitrogen functional groups attached to an aromatic ring is 1. The maximum Gasteiger partial charge on any atom is 0.213 e. The molecule has 0 saturated carbocycles. The molecule has 0 fully saturated rings. The van der Waals surface area contributed by atoms with E-state index in [2.05, 4.69) is 0 Å². The van der Waals surface area contributed by atoms with Gasteiger partial charge in [-0.3, -0.25) is 4.79 Å². The Morgan fingerprint density at radius 3 is 2.18 bits per heavy atom. The summed E-state index contributed by atoms with van der Waals surface area (Å²) in [6.45, 7) is 2.03. The Morgan fingerprint density at radius 1 is 0.848 bits per heavy atom. The number of aromatic nitrogens is 1. The number of anilines is 1. The molecule has 0 bridgehead atoms. The summed E-state index contributed by atoms with van der Waals surface area (Å²) in [6.07, 6.45) is 0. The maximum atomic E-state index is 13.6. The van der Waals surface area contributed by atoms with Crippen molar-refractivity contribution in [2.45, 2.75) is 6.92 Å². The minimum Gasteiger partial charge on any atom is -0.497 e. The number of methoxy groups -OCH3 is 1. The van der Waals surface area contributed by atoms with Gasteiger partial charge in [-0.15, -0.1) is 11.3 Å². The van der Waals surface area contributed by atoms with Gasteiger partial charge in [0.15, 0.2) is 0 Å². The van der Waals surface area contributed by atoms with Gasteiger partial charge in [-0.05, 0) is 41.8 Å². The van der Waals surface area contributed by atoms with Gasteiger partial charge in [-0.2, -0.15) is 0 Å². The second-order valence-electron chi connectivity index (χ2n) is 7.87. The van der Waals surface area contributed by atoms with Crippen LogP contribution in [0.1, 0.15) is 5.56 Å². The van der Waals surface area contributed by atoms with Gasteiger partial charge in [0.05, 0.1) is 28.8 Å². The fourth-order valence-corrected chi connectivity index (χ4v) is 4.98. The number of aryl methyl sites for hydroxylation is 1. The number of pyridine rings is 1. The van der Waals surface area contributed by atoms with E-state index in [0.29, 0.717) is 10.2 Å². The molecule has 5 heteroatoms. The van der Waals surface area contributed by atoms with Crippen LogP contribution in [-0.2, 0) is 0 Å². The third-order valence-electron chi connectivity index (χ3n) is 5.69. The third-order valence-corrected chi connectivity index (χ3v) is 6.83. The molecule has 0 spiro atoms. The highest BCUT2D eigenvalue weighted by Gasteiger charge is 2.18. The van der Waals surface area contributed by atoms with E-state index in [-0.39, 0.29) is 11.1 Å². The largest absolute Gasteiger partial charge is 0.497 e. The Balaban J connectivity index is 1.83. The zero-order valence-corrected chi connectivity index (χ0v) is 19.1. The van der Waals surface area contributed by atoms with Crippen molar-refractivity contribution in [3.05, 3.63) is 101 Å². The molecule has 0 atom stereocenters. The van der Waals surface area contributed by atoms with Crippen molar-refractivity contribution < 1.29 is 4.74 Å². The summed E-state index contributed by atoms with van der Waals surface area (Å²) in [7, 11) is 1.63. The van der Waals surface area contributed by atoms with Crippen LogP contribution in [0.15, 0.2) is 89.7 Å². The SMILES string of the molecule is COc1ccc(-c2cc(-c3ccccc3)nc3sc(-c4ccc(C)cc4)c(N)c(=O)c23)cc1. The van der Waals surface area contributed by atoms with Crippen molar-refractivity contribution in [2.24, 2.45) is 0 Å².